The molecule has 22 heavy (non-hydrogen) atoms. The molecule has 0 unspecified atom stereocenters. The number of aromatic nitrogens is 1. The second-order valence-corrected chi connectivity index (χ2v) is 7.10. The normalized spacial score (nSPS) is 17.8. The number of ether oxygens (including phenoxy) is 1. The number of anilines is 1. The molecule has 2 heterocycles. The fourth-order valence-corrected chi connectivity index (χ4v) is 3.47. The fraction of sp³-hybridized carbons (Fsp3) is 0.312. The number of benzene rings is 1. The largest absolute Gasteiger partial charge is 0.485 e. The topological polar surface area (TPSA) is 25.4 Å². The van der Waals surface area contributed by atoms with E-state index in [9.17, 15) is 0 Å². The number of hydrogen-bond acceptors (Lipinski definition) is 3. The summed E-state index contributed by atoms with van der Waals surface area (Å²) in [6.07, 6.45) is 2.78. The highest BCUT2D eigenvalue weighted by atomic mass is 79.9. The van der Waals surface area contributed by atoms with Gasteiger partial charge in [-0.15, -0.1) is 0 Å². The Balaban J connectivity index is 1.70. The van der Waals surface area contributed by atoms with Crippen molar-refractivity contribution in [3.05, 3.63) is 50.5 Å². The molecule has 0 amide bonds. The molecule has 0 spiro atoms. The molecule has 1 aromatic carbocycles. The van der Waals surface area contributed by atoms with Crippen molar-refractivity contribution < 1.29 is 4.74 Å². The van der Waals surface area contributed by atoms with E-state index in [4.69, 9.17) is 27.9 Å². The molecular weight excluding hydrogens is 387 g/mol. The second-order valence-electron chi connectivity index (χ2n) is 5.37. The standard InChI is InChI=1S/C16H15BrCl2N2O/c1-10-6-13(18)16(14(19)7-10)22-12-4-5-21(9-12)15-3-2-11(17)8-20-15/h2-3,6-8,12H,4-5,9H2,1H3/t12-/m1/s1. The van der Waals surface area contributed by atoms with Crippen LogP contribution < -0.4 is 9.64 Å². The lowest BCUT2D eigenvalue weighted by atomic mass is 10.2. The molecule has 1 aliphatic heterocycles. The van der Waals surface area contributed by atoms with Crippen LogP contribution in [0.15, 0.2) is 34.9 Å². The van der Waals surface area contributed by atoms with Crippen LogP contribution in [-0.2, 0) is 0 Å². The first kappa shape index (κ1) is 15.9. The van der Waals surface area contributed by atoms with Gasteiger partial charge in [0.2, 0.25) is 0 Å². The number of nitrogens with zero attached hydrogens (tertiary/aromatic N) is 2. The molecule has 0 bridgehead atoms. The summed E-state index contributed by atoms with van der Waals surface area (Å²) in [4.78, 5) is 6.62. The minimum Gasteiger partial charge on any atom is -0.485 e. The van der Waals surface area contributed by atoms with Crippen molar-refractivity contribution in [1.29, 1.82) is 0 Å². The van der Waals surface area contributed by atoms with E-state index in [1.54, 1.807) is 6.20 Å². The average Bonchev–Trinajstić information content (AvgIpc) is 2.92. The Morgan fingerprint density at radius 3 is 2.64 bits per heavy atom. The van der Waals surface area contributed by atoms with Gasteiger partial charge in [0.25, 0.3) is 0 Å². The molecule has 0 aliphatic carbocycles. The SMILES string of the molecule is Cc1cc(Cl)c(O[C@@H]2CCN(c3ccc(Br)cn3)C2)c(Cl)c1. The van der Waals surface area contributed by atoms with E-state index < -0.39 is 0 Å². The minimum absolute atomic E-state index is 0.0585. The summed E-state index contributed by atoms with van der Waals surface area (Å²) in [5, 5.41) is 1.12. The molecule has 1 atom stereocenters. The van der Waals surface area contributed by atoms with E-state index >= 15 is 0 Å². The highest BCUT2D eigenvalue weighted by molar-refractivity contribution is 9.10. The molecule has 1 fully saturated rings. The zero-order chi connectivity index (χ0) is 15.7. The maximum Gasteiger partial charge on any atom is 0.156 e. The van der Waals surface area contributed by atoms with Crippen molar-refractivity contribution in [3.8, 4) is 5.75 Å². The number of hydrogen-bond donors (Lipinski definition) is 0. The third-order valence-corrected chi connectivity index (χ3v) is 4.64. The molecule has 0 N–H and O–H groups in total. The molecule has 3 rings (SSSR count). The lowest BCUT2D eigenvalue weighted by Crippen LogP contribution is -2.25. The maximum absolute atomic E-state index is 6.24. The molecular formula is C16H15BrCl2N2O. The summed E-state index contributed by atoms with van der Waals surface area (Å²) < 4.78 is 7.00. The molecule has 1 saturated heterocycles. The highest BCUT2D eigenvalue weighted by Gasteiger charge is 2.26. The van der Waals surface area contributed by atoms with Crippen molar-refractivity contribution in [2.45, 2.75) is 19.4 Å². The first-order valence-corrected chi connectivity index (χ1v) is 8.56. The van der Waals surface area contributed by atoms with Gasteiger partial charge in [-0.3, -0.25) is 0 Å². The molecule has 1 aromatic heterocycles. The Hall–Kier alpha value is -0.970. The molecule has 0 saturated carbocycles. The van der Waals surface area contributed by atoms with E-state index in [-0.39, 0.29) is 6.10 Å². The smallest absolute Gasteiger partial charge is 0.156 e. The summed E-state index contributed by atoms with van der Waals surface area (Å²) in [5.41, 5.74) is 1.02. The summed E-state index contributed by atoms with van der Waals surface area (Å²) in [6.45, 7) is 3.63. The van der Waals surface area contributed by atoms with Crippen LogP contribution in [0.2, 0.25) is 10.0 Å². The van der Waals surface area contributed by atoms with Crippen LogP contribution in [0, 0.1) is 6.92 Å². The molecule has 1 aliphatic rings. The van der Waals surface area contributed by atoms with Crippen molar-refractivity contribution in [3.63, 3.8) is 0 Å². The first-order chi connectivity index (χ1) is 10.5. The van der Waals surface area contributed by atoms with Crippen molar-refractivity contribution in [2.24, 2.45) is 0 Å². The molecule has 3 nitrogen and oxygen atoms in total. The second kappa shape index (κ2) is 6.65. The maximum atomic E-state index is 6.24. The Kier molecular flexibility index (Phi) is 4.81. The van der Waals surface area contributed by atoms with Crippen molar-refractivity contribution in [2.75, 3.05) is 18.0 Å². The Morgan fingerprint density at radius 2 is 2.00 bits per heavy atom. The molecule has 6 heteroatoms. The summed E-state index contributed by atoms with van der Waals surface area (Å²) >= 11 is 15.9. The number of halogens is 3. The van der Waals surface area contributed by atoms with Crippen LogP contribution in [0.5, 0.6) is 5.75 Å². The summed E-state index contributed by atoms with van der Waals surface area (Å²) in [7, 11) is 0. The van der Waals surface area contributed by atoms with Gasteiger partial charge in [-0.25, -0.2) is 4.98 Å². The monoisotopic (exact) mass is 400 g/mol. The lowest BCUT2D eigenvalue weighted by molar-refractivity contribution is 0.225. The summed E-state index contributed by atoms with van der Waals surface area (Å²) in [5.74, 6) is 1.53. The van der Waals surface area contributed by atoms with Gasteiger partial charge in [0.05, 0.1) is 16.6 Å². The van der Waals surface area contributed by atoms with Gasteiger partial charge in [0, 0.05) is 23.6 Å². The van der Waals surface area contributed by atoms with Crippen molar-refractivity contribution in [1.82, 2.24) is 4.98 Å². The van der Waals surface area contributed by atoms with Gasteiger partial charge in [0.15, 0.2) is 5.75 Å². The fourth-order valence-electron chi connectivity index (χ4n) is 2.55. The molecule has 0 radical (unpaired) electrons. The molecule has 116 valence electrons. The Labute approximate surface area is 148 Å². The highest BCUT2D eigenvalue weighted by Crippen LogP contribution is 2.36. The van der Waals surface area contributed by atoms with Crippen LogP contribution in [-0.4, -0.2) is 24.2 Å². The first-order valence-electron chi connectivity index (χ1n) is 7.02. The van der Waals surface area contributed by atoms with E-state index in [1.807, 2.05) is 31.2 Å². The van der Waals surface area contributed by atoms with Gasteiger partial charge in [0.1, 0.15) is 11.9 Å². The Bertz CT molecular complexity index is 655. The van der Waals surface area contributed by atoms with Gasteiger partial charge in [-0.05, 0) is 52.7 Å². The number of rotatable bonds is 3. The van der Waals surface area contributed by atoms with E-state index in [0.717, 1.165) is 35.4 Å². The van der Waals surface area contributed by atoms with Crippen LogP contribution in [0.25, 0.3) is 0 Å². The number of pyridine rings is 1. The predicted molar refractivity (Wildman–Crippen MR) is 94.4 cm³/mol. The average molecular weight is 402 g/mol. The molecule has 2 aromatic rings. The van der Waals surface area contributed by atoms with Gasteiger partial charge < -0.3 is 9.64 Å². The van der Waals surface area contributed by atoms with Gasteiger partial charge in [-0.2, -0.15) is 0 Å². The third kappa shape index (κ3) is 3.50. The number of aryl methyl sites for hydroxylation is 1. The lowest BCUT2D eigenvalue weighted by Gasteiger charge is -2.19. The quantitative estimate of drug-likeness (QED) is 0.713. The summed E-state index contributed by atoms with van der Waals surface area (Å²) in [6, 6.07) is 7.72. The third-order valence-electron chi connectivity index (χ3n) is 3.61. The van der Waals surface area contributed by atoms with Crippen molar-refractivity contribution >= 4 is 44.9 Å². The minimum atomic E-state index is 0.0585. The van der Waals surface area contributed by atoms with Crippen LogP contribution in [0.3, 0.4) is 0 Å². The van der Waals surface area contributed by atoms with E-state index in [1.165, 1.54) is 0 Å². The van der Waals surface area contributed by atoms with Crippen LogP contribution in [0.1, 0.15) is 12.0 Å². The zero-order valence-electron chi connectivity index (χ0n) is 12.0. The van der Waals surface area contributed by atoms with Gasteiger partial charge >= 0.3 is 0 Å². The zero-order valence-corrected chi connectivity index (χ0v) is 15.1. The van der Waals surface area contributed by atoms with E-state index in [2.05, 4.69) is 25.8 Å². The van der Waals surface area contributed by atoms with E-state index in [0.29, 0.717) is 15.8 Å². The predicted octanol–water partition coefficient (Wildman–Crippen LogP) is 5.12. The van der Waals surface area contributed by atoms with Crippen LogP contribution >= 0.6 is 39.1 Å². The van der Waals surface area contributed by atoms with Crippen LogP contribution in [0.4, 0.5) is 5.82 Å². The Morgan fingerprint density at radius 1 is 1.27 bits per heavy atom. The van der Waals surface area contributed by atoms with Gasteiger partial charge in [-0.1, -0.05) is 23.2 Å².